The van der Waals surface area contributed by atoms with Gasteiger partial charge in [-0.15, -0.1) is 11.8 Å². The van der Waals surface area contributed by atoms with Gasteiger partial charge >= 0.3 is 11.9 Å². The van der Waals surface area contributed by atoms with E-state index in [0.717, 1.165) is 36.8 Å². The molecule has 0 amide bonds. The Bertz CT molecular complexity index is 776. The monoisotopic (exact) mass is 428 g/mol. The Morgan fingerprint density at radius 3 is 2.03 bits per heavy atom. The van der Waals surface area contributed by atoms with Gasteiger partial charge in [-0.05, 0) is 42.4 Å². The van der Waals surface area contributed by atoms with Crippen LogP contribution in [0.2, 0.25) is 0 Å². The fourth-order valence-corrected chi connectivity index (χ4v) is 4.65. The van der Waals surface area contributed by atoms with Gasteiger partial charge in [-0.2, -0.15) is 0 Å². The molecule has 2 aromatic carbocycles. The van der Waals surface area contributed by atoms with Crippen LogP contribution in [0.15, 0.2) is 54.6 Å². The lowest BCUT2D eigenvalue weighted by atomic mass is 9.98. The van der Waals surface area contributed by atoms with Gasteiger partial charge in [0.05, 0.1) is 6.42 Å². The zero-order valence-electron chi connectivity index (χ0n) is 17.5. The van der Waals surface area contributed by atoms with E-state index in [1.54, 1.807) is 0 Å². The van der Waals surface area contributed by atoms with Crippen LogP contribution in [0, 0.1) is 0 Å². The maximum absolute atomic E-state index is 11.7. The van der Waals surface area contributed by atoms with E-state index in [1.807, 2.05) is 24.3 Å². The lowest BCUT2D eigenvalue weighted by Crippen LogP contribution is -2.12. The molecule has 0 saturated heterocycles. The summed E-state index contributed by atoms with van der Waals surface area (Å²) in [5.41, 5.74) is 3.28. The summed E-state index contributed by atoms with van der Waals surface area (Å²) in [7, 11) is 0. The maximum Gasteiger partial charge on any atom is 0.321 e. The summed E-state index contributed by atoms with van der Waals surface area (Å²) in [5, 5.41) is 17.7. The van der Waals surface area contributed by atoms with E-state index in [1.165, 1.54) is 43.0 Å². The van der Waals surface area contributed by atoms with Crippen LogP contribution >= 0.6 is 11.8 Å². The summed E-state index contributed by atoms with van der Waals surface area (Å²) in [6, 6.07) is 18.3. The summed E-state index contributed by atoms with van der Waals surface area (Å²) in [6.07, 6.45) is 9.07. The number of unbranched alkanes of at least 4 members (excludes halogenated alkanes) is 5. The van der Waals surface area contributed by atoms with Gasteiger partial charge in [-0.1, -0.05) is 80.3 Å². The molecule has 0 saturated carbocycles. The smallest absolute Gasteiger partial charge is 0.321 e. The van der Waals surface area contributed by atoms with Gasteiger partial charge < -0.3 is 10.2 Å². The van der Waals surface area contributed by atoms with Crippen molar-refractivity contribution in [2.75, 3.05) is 5.75 Å². The number of rotatable bonds is 15. The third-order valence-electron chi connectivity index (χ3n) is 5.17. The van der Waals surface area contributed by atoms with Gasteiger partial charge in [-0.3, -0.25) is 9.59 Å². The van der Waals surface area contributed by atoms with Crippen molar-refractivity contribution in [1.82, 2.24) is 0 Å². The molecule has 0 spiro atoms. The molecule has 4 nitrogen and oxygen atoms in total. The molecule has 2 rings (SSSR count). The van der Waals surface area contributed by atoms with Crippen LogP contribution in [-0.4, -0.2) is 27.9 Å². The van der Waals surface area contributed by atoms with Gasteiger partial charge in [0.15, 0.2) is 0 Å². The molecule has 0 unspecified atom stereocenters. The molecule has 0 aliphatic carbocycles. The molecular formula is C25H32O4S. The van der Waals surface area contributed by atoms with Crippen molar-refractivity contribution in [2.45, 2.75) is 63.0 Å². The van der Waals surface area contributed by atoms with Crippen molar-refractivity contribution >= 4 is 23.7 Å². The van der Waals surface area contributed by atoms with Gasteiger partial charge in [0, 0.05) is 5.75 Å². The summed E-state index contributed by atoms with van der Waals surface area (Å²) < 4.78 is 0. The lowest BCUT2D eigenvalue weighted by molar-refractivity contribution is -0.137. The van der Waals surface area contributed by atoms with Gasteiger partial charge in [-0.25, -0.2) is 0 Å². The van der Waals surface area contributed by atoms with Crippen LogP contribution in [0.4, 0.5) is 0 Å². The minimum Gasteiger partial charge on any atom is -0.481 e. The first kappa shape index (κ1) is 24.0. The first-order chi connectivity index (χ1) is 14.6. The largest absolute Gasteiger partial charge is 0.481 e. The lowest BCUT2D eigenvalue weighted by Gasteiger charge is -2.16. The number of aliphatic carboxylic acids is 2. The van der Waals surface area contributed by atoms with Gasteiger partial charge in [0.25, 0.3) is 0 Å². The van der Waals surface area contributed by atoms with Gasteiger partial charge in [0.1, 0.15) is 5.25 Å². The fraction of sp³-hybridized carbons (Fsp3) is 0.440. The zero-order chi connectivity index (χ0) is 21.6. The Labute approximate surface area is 183 Å². The Morgan fingerprint density at radius 2 is 1.37 bits per heavy atom. The average molecular weight is 429 g/mol. The second-order valence-electron chi connectivity index (χ2n) is 7.54. The van der Waals surface area contributed by atoms with Crippen molar-refractivity contribution in [1.29, 1.82) is 0 Å². The molecule has 0 aliphatic heterocycles. The van der Waals surface area contributed by atoms with E-state index in [9.17, 15) is 14.7 Å². The van der Waals surface area contributed by atoms with E-state index in [0.29, 0.717) is 5.75 Å². The van der Waals surface area contributed by atoms with Crippen LogP contribution in [-0.2, 0) is 22.4 Å². The van der Waals surface area contributed by atoms with E-state index < -0.39 is 17.2 Å². The maximum atomic E-state index is 11.7. The average Bonchev–Trinajstić information content (AvgIpc) is 2.74. The summed E-state index contributed by atoms with van der Waals surface area (Å²) in [4.78, 5) is 22.5. The Morgan fingerprint density at radius 1 is 0.767 bits per heavy atom. The van der Waals surface area contributed by atoms with Crippen LogP contribution in [0.1, 0.15) is 66.9 Å². The molecule has 162 valence electrons. The number of carbonyl (C=O) groups is 2. The van der Waals surface area contributed by atoms with E-state index in [-0.39, 0.29) is 6.42 Å². The Hall–Kier alpha value is -2.27. The highest BCUT2D eigenvalue weighted by molar-refractivity contribution is 8.00. The molecule has 0 radical (unpaired) electrons. The molecule has 2 aromatic rings. The molecular weight excluding hydrogens is 396 g/mol. The Balaban J connectivity index is 1.72. The topological polar surface area (TPSA) is 74.6 Å². The molecule has 1 atom stereocenters. The van der Waals surface area contributed by atoms with Crippen LogP contribution in [0.25, 0.3) is 0 Å². The number of thioether (sulfide) groups is 1. The van der Waals surface area contributed by atoms with E-state index in [4.69, 9.17) is 5.11 Å². The number of benzene rings is 2. The van der Waals surface area contributed by atoms with Crippen molar-refractivity contribution in [3.63, 3.8) is 0 Å². The third-order valence-corrected chi connectivity index (χ3v) is 6.40. The first-order valence-corrected chi connectivity index (χ1v) is 11.8. The van der Waals surface area contributed by atoms with Crippen molar-refractivity contribution < 1.29 is 19.8 Å². The summed E-state index contributed by atoms with van der Waals surface area (Å²) >= 11 is 1.20. The number of carboxylic acids is 2. The summed E-state index contributed by atoms with van der Waals surface area (Å²) in [5.74, 6) is -1.51. The standard InChI is InChI=1S/C25H32O4S/c26-23(27)18-19-30-24(25(28)29)22-17-11-10-16-21(22)15-9-4-2-1-3-6-12-20-13-7-5-8-14-20/h5,7-8,10-11,13-14,16-17,24H,1-4,6,9,12,15,18-19H2,(H,26,27)(H,28,29)/t24-/m1/s1. The highest BCUT2D eigenvalue weighted by atomic mass is 32.2. The van der Waals surface area contributed by atoms with E-state index >= 15 is 0 Å². The molecule has 0 bridgehead atoms. The first-order valence-electron chi connectivity index (χ1n) is 10.8. The number of hydrogen-bond acceptors (Lipinski definition) is 3. The molecule has 0 fully saturated rings. The van der Waals surface area contributed by atoms with Crippen LogP contribution < -0.4 is 0 Å². The second kappa shape index (κ2) is 13.9. The molecule has 2 N–H and O–H groups in total. The van der Waals surface area contributed by atoms with Crippen LogP contribution in [0.5, 0.6) is 0 Å². The predicted molar refractivity (Wildman–Crippen MR) is 123 cm³/mol. The fourth-order valence-electron chi connectivity index (χ4n) is 3.57. The van der Waals surface area contributed by atoms with Crippen LogP contribution in [0.3, 0.4) is 0 Å². The number of aryl methyl sites for hydroxylation is 2. The molecule has 30 heavy (non-hydrogen) atoms. The minimum atomic E-state index is -0.906. The zero-order valence-corrected chi connectivity index (χ0v) is 18.3. The SMILES string of the molecule is O=C(O)CCS[C@@H](C(=O)O)c1ccccc1CCCCCCCCc1ccccc1. The summed E-state index contributed by atoms with van der Waals surface area (Å²) in [6.45, 7) is 0. The molecule has 0 aromatic heterocycles. The Kier molecular flexibility index (Phi) is 11.1. The van der Waals surface area contributed by atoms with E-state index in [2.05, 4.69) is 30.3 Å². The van der Waals surface area contributed by atoms with Crippen molar-refractivity contribution in [2.24, 2.45) is 0 Å². The highest BCUT2D eigenvalue weighted by Crippen LogP contribution is 2.32. The van der Waals surface area contributed by atoms with Crippen molar-refractivity contribution in [3.8, 4) is 0 Å². The molecule has 5 heteroatoms. The second-order valence-corrected chi connectivity index (χ2v) is 8.75. The highest BCUT2D eigenvalue weighted by Gasteiger charge is 2.23. The normalized spacial score (nSPS) is 11.9. The predicted octanol–water partition coefficient (Wildman–Crippen LogP) is 6.15. The van der Waals surface area contributed by atoms with Gasteiger partial charge in [0.2, 0.25) is 0 Å². The number of hydrogen-bond donors (Lipinski definition) is 2. The number of carboxylic acid groups (broad SMARTS) is 2. The van der Waals surface area contributed by atoms with Crippen molar-refractivity contribution in [3.05, 3.63) is 71.3 Å². The third kappa shape index (κ3) is 9.04. The quantitative estimate of drug-likeness (QED) is 0.333. The minimum absolute atomic E-state index is 0.0269. The molecule has 0 heterocycles. The molecule has 0 aliphatic rings.